The summed E-state index contributed by atoms with van der Waals surface area (Å²) in [4.78, 5) is 4.20. The van der Waals surface area contributed by atoms with Gasteiger partial charge in [0.2, 0.25) is 5.88 Å². The van der Waals surface area contributed by atoms with Gasteiger partial charge in [-0.25, -0.2) is 13.4 Å². The van der Waals surface area contributed by atoms with Gasteiger partial charge in [-0.05, 0) is 58.0 Å². The quantitative estimate of drug-likeness (QED) is 0.745. The maximum atomic E-state index is 12.8. The van der Waals surface area contributed by atoms with Crippen LogP contribution >= 0.6 is 0 Å². The van der Waals surface area contributed by atoms with E-state index < -0.39 is 28.3 Å². The summed E-state index contributed by atoms with van der Waals surface area (Å²) in [6.07, 6.45) is 1.53. The maximum absolute atomic E-state index is 12.8. The number of sulfonamides is 1. The first-order chi connectivity index (χ1) is 13.5. The van der Waals surface area contributed by atoms with Gasteiger partial charge in [0, 0.05) is 11.7 Å². The zero-order valence-corrected chi connectivity index (χ0v) is 17.7. The molecule has 8 nitrogen and oxygen atoms in total. The van der Waals surface area contributed by atoms with Crippen LogP contribution < -0.4 is 14.9 Å². The van der Waals surface area contributed by atoms with E-state index in [4.69, 9.17) is 19.3 Å². The lowest BCUT2D eigenvalue weighted by Crippen LogP contribution is -2.41. The van der Waals surface area contributed by atoms with Crippen molar-refractivity contribution in [1.29, 1.82) is 5.26 Å². The topological polar surface area (TPSA) is 111 Å². The molecule has 2 aromatic rings. The summed E-state index contributed by atoms with van der Waals surface area (Å²) >= 11 is 0. The van der Waals surface area contributed by atoms with Crippen molar-refractivity contribution in [2.45, 2.75) is 43.8 Å². The lowest BCUT2D eigenvalue weighted by Gasteiger charge is -2.32. The molecule has 0 amide bonds. The summed E-state index contributed by atoms with van der Waals surface area (Å²) in [6.45, 7) is 7.72. The number of aromatic nitrogens is 1. The molecule has 0 atom stereocenters. The van der Waals surface area contributed by atoms with Gasteiger partial charge in [0.15, 0.2) is 0 Å². The van der Waals surface area contributed by atoms with Crippen molar-refractivity contribution >= 4 is 28.3 Å². The molecule has 1 N–H and O–H groups in total. The Morgan fingerprint density at radius 2 is 1.72 bits per heavy atom. The second-order valence-electron chi connectivity index (χ2n) is 7.66. The number of methoxy groups -OCH3 is 1. The Hall–Kier alpha value is -2.61. The average molecular weight is 415 g/mol. The van der Waals surface area contributed by atoms with E-state index in [0.29, 0.717) is 11.0 Å². The fraction of sp³-hybridized carbons (Fsp3) is 0.368. The molecule has 1 aromatic carbocycles. The van der Waals surface area contributed by atoms with Crippen LogP contribution in [-0.2, 0) is 19.3 Å². The molecule has 1 fully saturated rings. The molecule has 0 bridgehead atoms. The predicted octanol–water partition coefficient (Wildman–Crippen LogP) is 2.06. The molecule has 1 saturated heterocycles. The normalized spacial score (nSPS) is 17.6. The molecule has 2 heterocycles. The molecular formula is C19H22BN3O5S. The van der Waals surface area contributed by atoms with Crippen molar-refractivity contribution in [2.24, 2.45) is 0 Å². The summed E-state index contributed by atoms with van der Waals surface area (Å²) in [5.74, 6) is 0.113. The molecule has 1 aliphatic heterocycles. The highest BCUT2D eigenvalue weighted by Crippen LogP contribution is 2.37. The predicted molar refractivity (Wildman–Crippen MR) is 108 cm³/mol. The summed E-state index contributed by atoms with van der Waals surface area (Å²) in [6, 6.07) is 9.12. The van der Waals surface area contributed by atoms with Gasteiger partial charge >= 0.3 is 7.12 Å². The van der Waals surface area contributed by atoms with Crippen molar-refractivity contribution in [3.8, 4) is 11.9 Å². The molecule has 0 aliphatic carbocycles. The van der Waals surface area contributed by atoms with Crippen molar-refractivity contribution in [3.63, 3.8) is 0 Å². The molecule has 10 heteroatoms. The summed E-state index contributed by atoms with van der Waals surface area (Å²) in [5.41, 5.74) is -0.00327. The minimum absolute atomic E-state index is 0.0135. The largest absolute Gasteiger partial charge is 0.496 e. The number of nitriles is 1. The zero-order chi connectivity index (χ0) is 21.4. The molecule has 152 valence electrons. The van der Waals surface area contributed by atoms with Crippen molar-refractivity contribution in [3.05, 3.63) is 42.1 Å². The number of nitrogens with one attached hydrogen (secondary N) is 1. The second kappa shape index (κ2) is 7.33. The maximum Gasteiger partial charge on any atom is 0.496 e. The van der Waals surface area contributed by atoms with Crippen LogP contribution in [0.4, 0.5) is 5.69 Å². The minimum Gasteiger partial charge on any atom is -0.480 e. The highest BCUT2D eigenvalue weighted by Gasteiger charge is 2.52. The Bertz CT molecular complexity index is 1050. The molecule has 0 saturated carbocycles. The fourth-order valence-electron chi connectivity index (χ4n) is 2.72. The van der Waals surface area contributed by atoms with Gasteiger partial charge in [-0.3, -0.25) is 4.72 Å². The molecule has 1 aromatic heterocycles. The van der Waals surface area contributed by atoms with E-state index in [2.05, 4.69) is 9.71 Å². The highest BCUT2D eigenvalue weighted by atomic mass is 32.2. The first-order valence-electron chi connectivity index (χ1n) is 8.92. The van der Waals surface area contributed by atoms with E-state index in [9.17, 15) is 8.42 Å². The van der Waals surface area contributed by atoms with E-state index in [1.807, 2.05) is 33.8 Å². The van der Waals surface area contributed by atoms with E-state index >= 15 is 0 Å². The van der Waals surface area contributed by atoms with Crippen LogP contribution in [0.25, 0.3) is 0 Å². The smallest absolute Gasteiger partial charge is 0.480 e. The molecule has 3 rings (SSSR count). The molecule has 29 heavy (non-hydrogen) atoms. The van der Waals surface area contributed by atoms with Crippen LogP contribution in [0.3, 0.4) is 0 Å². The number of hydrogen-bond donors (Lipinski definition) is 1. The fourth-order valence-corrected chi connectivity index (χ4v) is 3.77. The van der Waals surface area contributed by atoms with E-state index in [0.717, 1.165) is 0 Å². The average Bonchev–Trinajstić information content (AvgIpc) is 2.89. The Labute approximate surface area is 171 Å². The summed E-state index contributed by atoms with van der Waals surface area (Å²) < 4.78 is 45.2. The van der Waals surface area contributed by atoms with Crippen LogP contribution in [0.1, 0.15) is 33.3 Å². The van der Waals surface area contributed by atoms with Crippen LogP contribution in [-0.4, -0.2) is 38.8 Å². The summed E-state index contributed by atoms with van der Waals surface area (Å²) in [5, 5.41) is 8.88. The lowest BCUT2D eigenvalue weighted by molar-refractivity contribution is 0.00578. The third-order valence-electron chi connectivity index (χ3n) is 5.13. The molecule has 0 unspecified atom stereocenters. The van der Waals surface area contributed by atoms with E-state index in [-0.39, 0.29) is 16.5 Å². The van der Waals surface area contributed by atoms with Gasteiger partial charge in [-0.2, -0.15) is 5.26 Å². The third kappa shape index (κ3) is 4.08. The minimum atomic E-state index is -3.92. The van der Waals surface area contributed by atoms with Gasteiger partial charge in [-0.15, -0.1) is 0 Å². The molecule has 0 spiro atoms. The highest BCUT2D eigenvalue weighted by molar-refractivity contribution is 7.92. The van der Waals surface area contributed by atoms with Crippen molar-refractivity contribution < 1.29 is 22.5 Å². The molecular weight excluding hydrogens is 393 g/mol. The number of anilines is 1. The number of rotatable bonds is 5. The lowest BCUT2D eigenvalue weighted by atomic mass is 9.80. The van der Waals surface area contributed by atoms with Crippen LogP contribution in [0, 0.1) is 11.3 Å². The summed E-state index contributed by atoms with van der Waals surface area (Å²) in [7, 11) is -3.22. The Morgan fingerprint density at radius 3 is 2.24 bits per heavy atom. The van der Waals surface area contributed by atoms with E-state index in [1.165, 1.54) is 37.6 Å². The number of nitrogens with zero attached hydrogens (tertiary/aromatic N) is 2. The Balaban J connectivity index is 1.93. The van der Waals surface area contributed by atoms with Gasteiger partial charge in [0.25, 0.3) is 10.0 Å². The third-order valence-corrected chi connectivity index (χ3v) is 6.51. The van der Waals surface area contributed by atoms with Crippen molar-refractivity contribution in [1.82, 2.24) is 4.98 Å². The SMILES string of the molecule is COc1ncc(B2OC(C)(C)C(C)(C)O2)cc1NS(=O)(=O)c1ccc(C#N)cc1. The van der Waals surface area contributed by atoms with Crippen molar-refractivity contribution in [2.75, 3.05) is 11.8 Å². The Morgan fingerprint density at radius 1 is 1.14 bits per heavy atom. The molecule has 0 radical (unpaired) electrons. The van der Waals surface area contributed by atoms with Gasteiger partial charge < -0.3 is 14.0 Å². The van der Waals surface area contributed by atoms with Crippen LogP contribution in [0.2, 0.25) is 0 Å². The standard InChI is InChI=1S/C19H22BN3O5S/c1-18(2)19(3,4)28-20(27-18)14-10-16(17(26-5)22-12-14)23-29(24,25)15-8-6-13(11-21)7-9-15/h6-10,12,23H,1-5H3. The first-order valence-corrected chi connectivity index (χ1v) is 10.4. The number of pyridine rings is 1. The van der Waals surface area contributed by atoms with Crippen LogP contribution in [0.5, 0.6) is 5.88 Å². The Kier molecular flexibility index (Phi) is 5.34. The zero-order valence-electron chi connectivity index (χ0n) is 16.9. The van der Waals surface area contributed by atoms with Gasteiger partial charge in [-0.1, -0.05) is 0 Å². The monoisotopic (exact) mass is 415 g/mol. The second-order valence-corrected chi connectivity index (χ2v) is 9.34. The molecule has 1 aliphatic rings. The van der Waals surface area contributed by atoms with Gasteiger partial charge in [0.05, 0.1) is 34.8 Å². The number of hydrogen-bond acceptors (Lipinski definition) is 7. The number of benzene rings is 1. The van der Waals surface area contributed by atoms with E-state index in [1.54, 1.807) is 6.07 Å². The van der Waals surface area contributed by atoms with Gasteiger partial charge in [0.1, 0.15) is 5.69 Å². The first kappa shape index (κ1) is 21.1. The number of ether oxygens (including phenoxy) is 1. The van der Waals surface area contributed by atoms with Crippen LogP contribution in [0.15, 0.2) is 41.4 Å².